The molecule has 0 saturated carbocycles. The topological polar surface area (TPSA) is 36.0 Å². The Kier molecular flexibility index (Phi) is 4.18. The van der Waals surface area contributed by atoms with Crippen molar-refractivity contribution in [3.8, 4) is 0 Å². The van der Waals surface area contributed by atoms with Crippen LogP contribution in [0.1, 0.15) is 34.2 Å². The van der Waals surface area contributed by atoms with Gasteiger partial charge in [0.1, 0.15) is 6.10 Å². The van der Waals surface area contributed by atoms with Gasteiger partial charge in [-0.15, -0.1) is 0 Å². The lowest BCUT2D eigenvalue weighted by Gasteiger charge is -2.13. The molecule has 18 heavy (non-hydrogen) atoms. The summed E-state index contributed by atoms with van der Waals surface area (Å²) < 4.78 is 2.04. The number of halogens is 2. The van der Waals surface area contributed by atoms with E-state index in [1.54, 1.807) is 0 Å². The molecule has 1 aromatic carbocycles. The van der Waals surface area contributed by atoms with Crippen LogP contribution in [0.15, 0.2) is 22.7 Å². The van der Waals surface area contributed by atoms with E-state index in [9.17, 15) is 5.11 Å². The number of hydrogen-bond acceptors (Lipinski definition) is 1. The van der Waals surface area contributed by atoms with Gasteiger partial charge in [-0.2, -0.15) is 0 Å². The Morgan fingerprint density at radius 1 is 1.22 bits per heavy atom. The van der Waals surface area contributed by atoms with E-state index in [0.29, 0.717) is 0 Å². The molecular formula is C14H15BrINO. The molecule has 2 N–H and O–H groups in total. The van der Waals surface area contributed by atoms with Crippen LogP contribution in [-0.4, -0.2) is 10.1 Å². The molecule has 0 aliphatic rings. The molecule has 0 aliphatic heterocycles. The van der Waals surface area contributed by atoms with Crippen molar-refractivity contribution in [2.45, 2.75) is 26.9 Å². The smallest absolute Gasteiger partial charge is 0.120 e. The molecule has 0 radical (unpaired) electrons. The zero-order valence-electron chi connectivity index (χ0n) is 10.5. The molecule has 0 fully saturated rings. The molecule has 0 aliphatic carbocycles. The lowest BCUT2D eigenvalue weighted by molar-refractivity contribution is 0.214. The van der Waals surface area contributed by atoms with E-state index in [2.05, 4.69) is 50.4 Å². The lowest BCUT2D eigenvalue weighted by Crippen LogP contribution is -2.03. The van der Waals surface area contributed by atoms with Crippen LogP contribution >= 0.6 is 38.5 Å². The van der Waals surface area contributed by atoms with Crippen molar-refractivity contribution in [3.05, 3.63) is 54.3 Å². The summed E-state index contributed by atoms with van der Waals surface area (Å²) >= 11 is 5.75. The summed E-state index contributed by atoms with van der Waals surface area (Å²) in [5.74, 6) is 0. The number of benzene rings is 1. The van der Waals surface area contributed by atoms with Gasteiger partial charge in [0, 0.05) is 19.3 Å². The number of aliphatic hydroxyl groups excluding tert-OH is 1. The number of aliphatic hydroxyl groups is 1. The third-order valence-electron chi connectivity index (χ3n) is 3.38. The number of aromatic nitrogens is 1. The summed E-state index contributed by atoms with van der Waals surface area (Å²) in [4.78, 5) is 3.28. The van der Waals surface area contributed by atoms with Crippen molar-refractivity contribution < 1.29 is 5.11 Å². The Bertz CT molecular complexity index is 592. The first-order chi connectivity index (χ1) is 8.41. The number of hydrogen-bond donors (Lipinski definition) is 2. The second-order valence-corrected chi connectivity index (χ2v) is 6.58. The second kappa shape index (κ2) is 5.35. The van der Waals surface area contributed by atoms with E-state index in [1.165, 1.54) is 5.56 Å². The Morgan fingerprint density at radius 3 is 2.44 bits per heavy atom. The quantitative estimate of drug-likeness (QED) is 0.696. The van der Waals surface area contributed by atoms with Crippen molar-refractivity contribution >= 4 is 38.5 Å². The third-order valence-corrected chi connectivity index (χ3v) is 4.77. The number of nitrogens with one attached hydrogen (secondary N) is 1. The van der Waals surface area contributed by atoms with Crippen LogP contribution in [0.2, 0.25) is 0 Å². The highest BCUT2D eigenvalue weighted by Gasteiger charge is 2.19. The van der Waals surface area contributed by atoms with Crippen molar-refractivity contribution in [1.29, 1.82) is 0 Å². The van der Waals surface area contributed by atoms with Gasteiger partial charge in [0.25, 0.3) is 0 Å². The van der Waals surface area contributed by atoms with Crippen LogP contribution in [0.5, 0.6) is 0 Å². The summed E-state index contributed by atoms with van der Waals surface area (Å²) in [6.07, 6.45) is -0.624. The maximum atomic E-state index is 10.6. The standard InChI is InChI=1S/C14H15BrINO/c1-7-8(2)13(17-9(7)3)14(18)11-6-10(16)4-5-12(11)15/h4-6,14,17-18H,1-3H3. The van der Waals surface area contributed by atoms with Crippen LogP contribution in [0, 0.1) is 24.3 Å². The molecule has 1 atom stereocenters. The number of aryl methyl sites for hydroxylation is 1. The van der Waals surface area contributed by atoms with Gasteiger partial charge in [0.05, 0.1) is 5.69 Å². The van der Waals surface area contributed by atoms with E-state index in [-0.39, 0.29) is 0 Å². The van der Waals surface area contributed by atoms with Crippen molar-refractivity contribution in [2.75, 3.05) is 0 Å². The molecule has 0 saturated heterocycles. The maximum Gasteiger partial charge on any atom is 0.120 e. The van der Waals surface area contributed by atoms with Gasteiger partial charge in [-0.1, -0.05) is 15.9 Å². The number of rotatable bonds is 2. The Balaban J connectivity index is 2.50. The molecule has 2 nitrogen and oxygen atoms in total. The summed E-state index contributed by atoms with van der Waals surface area (Å²) in [6, 6.07) is 5.98. The van der Waals surface area contributed by atoms with Crippen LogP contribution in [-0.2, 0) is 0 Å². The molecule has 0 amide bonds. The highest BCUT2D eigenvalue weighted by atomic mass is 127. The zero-order valence-corrected chi connectivity index (χ0v) is 14.3. The van der Waals surface area contributed by atoms with E-state index in [4.69, 9.17) is 0 Å². The minimum atomic E-state index is -0.624. The summed E-state index contributed by atoms with van der Waals surface area (Å²) in [6.45, 7) is 6.14. The molecule has 2 rings (SSSR count). The largest absolute Gasteiger partial charge is 0.382 e. The number of H-pyrrole nitrogens is 1. The Hall–Kier alpha value is -0.330. The van der Waals surface area contributed by atoms with Crippen LogP contribution in [0.3, 0.4) is 0 Å². The Morgan fingerprint density at radius 2 is 1.89 bits per heavy atom. The predicted molar refractivity (Wildman–Crippen MR) is 85.9 cm³/mol. The molecule has 1 heterocycles. The molecule has 2 aromatic rings. The third kappa shape index (κ3) is 2.51. The highest BCUT2D eigenvalue weighted by molar-refractivity contribution is 14.1. The first-order valence-electron chi connectivity index (χ1n) is 5.70. The molecule has 4 heteroatoms. The van der Waals surface area contributed by atoms with Crippen LogP contribution in [0.25, 0.3) is 0 Å². The lowest BCUT2D eigenvalue weighted by atomic mass is 10.0. The molecule has 1 aromatic heterocycles. The molecule has 96 valence electrons. The fourth-order valence-electron chi connectivity index (χ4n) is 2.03. The van der Waals surface area contributed by atoms with E-state index in [1.807, 2.05) is 32.0 Å². The van der Waals surface area contributed by atoms with Gasteiger partial charge >= 0.3 is 0 Å². The van der Waals surface area contributed by atoms with Gasteiger partial charge < -0.3 is 10.1 Å². The summed E-state index contributed by atoms with van der Waals surface area (Å²) in [5, 5.41) is 10.6. The zero-order chi connectivity index (χ0) is 13.4. The minimum Gasteiger partial charge on any atom is -0.382 e. The minimum absolute atomic E-state index is 0.624. The summed E-state index contributed by atoms with van der Waals surface area (Å²) in [5.41, 5.74) is 5.24. The van der Waals surface area contributed by atoms with Crippen molar-refractivity contribution in [1.82, 2.24) is 4.98 Å². The van der Waals surface area contributed by atoms with Crippen LogP contribution < -0.4 is 0 Å². The van der Waals surface area contributed by atoms with Gasteiger partial charge in [-0.3, -0.25) is 0 Å². The molecule has 0 spiro atoms. The average Bonchev–Trinajstić information content (AvgIpc) is 2.59. The van der Waals surface area contributed by atoms with E-state index in [0.717, 1.165) is 30.6 Å². The average molecular weight is 420 g/mol. The van der Waals surface area contributed by atoms with Crippen molar-refractivity contribution in [3.63, 3.8) is 0 Å². The first kappa shape index (κ1) is 14.1. The summed E-state index contributed by atoms with van der Waals surface area (Å²) in [7, 11) is 0. The van der Waals surface area contributed by atoms with E-state index >= 15 is 0 Å². The molecule has 0 bridgehead atoms. The van der Waals surface area contributed by atoms with Gasteiger partial charge in [-0.05, 0) is 72.7 Å². The van der Waals surface area contributed by atoms with E-state index < -0.39 is 6.10 Å². The monoisotopic (exact) mass is 419 g/mol. The SMILES string of the molecule is Cc1[nH]c(C(O)c2cc(I)ccc2Br)c(C)c1C. The number of aromatic amines is 1. The van der Waals surface area contributed by atoms with Gasteiger partial charge in [0.2, 0.25) is 0 Å². The molecular weight excluding hydrogens is 405 g/mol. The second-order valence-electron chi connectivity index (χ2n) is 4.48. The van der Waals surface area contributed by atoms with Crippen molar-refractivity contribution in [2.24, 2.45) is 0 Å². The first-order valence-corrected chi connectivity index (χ1v) is 7.57. The fourth-order valence-corrected chi connectivity index (χ4v) is 3.00. The predicted octanol–water partition coefficient (Wildman–Crippen LogP) is 4.39. The highest BCUT2D eigenvalue weighted by Crippen LogP contribution is 2.32. The van der Waals surface area contributed by atoms with Crippen LogP contribution in [0.4, 0.5) is 0 Å². The molecule has 1 unspecified atom stereocenters. The maximum absolute atomic E-state index is 10.6. The Labute approximate surface area is 129 Å². The fraction of sp³-hybridized carbons (Fsp3) is 0.286. The normalized spacial score (nSPS) is 12.8. The van der Waals surface area contributed by atoms with Gasteiger partial charge in [0.15, 0.2) is 0 Å². The van der Waals surface area contributed by atoms with Gasteiger partial charge in [-0.25, -0.2) is 0 Å².